The highest BCUT2D eigenvalue weighted by Gasteiger charge is 2.28. The summed E-state index contributed by atoms with van der Waals surface area (Å²) < 4.78 is 0. The molecule has 4 heavy (non-hydrogen) atoms. The maximum absolute atomic E-state index is 8.00. The number of rotatable bonds is 0. The predicted molar refractivity (Wildman–Crippen MR) is 13.7 cm³/mol. The molecule has 0 bridgehead atoms. The minimum Gasteiger partial charge on any atom is -0.162 e. The summed E-state index contributed by atoms with van der Waals surface area (Å²) in [6.45, 7) is 1.75. The topological polar surface area (TPSA) is 26.1 Å². The van der Waals surface area contributed by atoms with Gasteiger partial charge < -0.3 is 0 Å². The fourth-order valence-corrected chi connectivity index (χ4v) is 0.0447. The molecule has 1 N–H and O–H groups in total. The van der Waals surface area contributed by atoms with Gasteiger partial charge in [0.05, 0.1) is 0 Å². The standard InChI is InChI=1S/C2H5NO/c4-3-1-2-3/h4H,1-2H2/q+1. The highest BCUT2D eigenvalue weighted by Crippen LogP contribution is 1.86. The molecule has 1 aliphatic rings. The molecule has 0 saturated carbocycles. The van der Waals surface area contributed by atoms with Crippen LogP contribution in [0.3, 0.4) is 0 Å². The molecule has 0 amide bonds. The SMILES string of the molecule is O[N+]1CC1. The van der Waals surface area contributed by atoms with Crippen LogP contribution >= 0.6 is 0 Å². The van der Waals surface area contributed by atoms with Crippen molar-refractivity contribution >= 4 is 0 Å². The molecule has 1 radical (unpaired) electrons. The molecule has 1 saturated heterocycles. The zero-order chi connectivity index (χ0) is 2.99. The van der Waals surface area contributed by atoms with E-state index in [2.05, 4.69) is 0 Å². The van der Waals surface area contributed by atoms with E-state index in [1.54, 1.807) is 0 Å². The van der Waals surface area contributed by atoms with E-state index in [0.29, 0.717) is 0 Å². The third-order valence-corrected chi connectivity index (χ3v) is 0.424. The third-order valence-electron chi connectivity index (χ3n) is 0.424. The molecule has 0 atom stereocenters. The first-order chi connectivity index (χ1) is 1.89. The van der Waals surface area contributed by atoms with Crippen molar-refractivity contribution in [2.75, 3.05) is 13.1 Å². The van der Waals surface area contributed by atoms with Crippen LogP contribution in [0.4, 0.5) is 0 Å². The summed E-state index contributed by atoms with van der Waals surface area (Å²) in [7, 11) is 0. The van der Waals surface area contributed by atoms with E-state index in [9.17, 15) is 0 Å². The van der Waals surface area contributed by atoms with Crippen LogP contribution in [0.5, 0.6) is 0 Å². The maximum atomic E-state index is 8.00. The van der Waals surface area contributed by atoms with Gasteiger partial charge in [-0.25, -0.2) is 0 Å². The highest BCUT2D eigenvalue weighted by atomic mass is 16.5. The molecule has 0 aromatic rings. The Balaban J connectivity index is 2.17. The Morgan fingerprint density at radius 1 is 1.50 bits per heavy atom. The fraction of sp³-hybridized carbons (Fsp3) is 1.00. The van der Waals surface area contributed by atoms with Crippen molar-refractivity contribution in [3.63, 3.8) is 0 Å². The van der Waals surface area contributed by atoms with Crippen LogP contribution in [0.15, 0.2) is 0 Å². The smallest absolute Gasteiger partial charge is 0.162 e. The van der Waals surface area contributed by atoms with Crippen LogP contribution in [0.2, 0.25) is 0 Å². The Morgan fingerprint density at radius 2 is 1.75 bits per heavy atom. The van der Waals surface area contributed by atoms with Gasteiger partial charge in [-0.2, -0.15) is 5.21 Å². The Hall–Kier alpha value is -0.0800. The number of hydrogen-bond donors (Lipinski definition) is 1. The van der Waals surface area contributed by atoms with Gasteiger partial charge >= 0.3 is 0 Å². The molecular formula is C2H5NO+. The van der Waals surface area contributed by atoms with Crippen molar-refractivity contribution in [3.05, 3.63) is 0 Å². The lowest BCUT2D eigenvalue weighted by Gasteiger charge is -1.49. The second kappa shape index (κ2) is 0.445. The van der Waals surface area contributed by atoms with Crippen LogP contribution < -0.4 is 5.06 Å². The predicted octanol–water partition coefficient (Wildman–Crippen LogP) is -0.471. The first-order valence-electron chi connectivity index (χ1n) is 1.33. The van der Waals surface area contributed by atoms with E-state index in [4.69, 9.17) is 5.21 Å². The Bertz CT molecular complexity index is 25.2. The summed E-state index contributed by atoms with van der Waals surface area (Å²) in [5.74, 6) is 0. The van der Waals surface area contributed by atoms with E-state index < -0.39 is 0 Å². The van der Waals surface area contributed by atoms with E-state index in [1.807, 2.05) is 0 Å². The number of nitrogens with zero attached hydrogens (tertiary/aromatic N) is 1. The van der Waals surface area contributed by atoms with E-state index in [0.717, 1.165) is 13.1 Å². The summed E-state index contributed by atoms with van der Waals surface area (Å²) in [6, 6.07) is 0. The van der Waals surface area contributed by atoms with E-state index in [1.165, 1.54) is 5.06 Å². The molecule has 1 fully saturated rings. The lowest BCUT2D eigenvalue weighted by molar-refractivity contribution is 0.134. The van der Waals surface area contributed by atoms with Crippen LogP contribution in [0.1, 0.15) is 0 Å². The lowest BCUT2D eigenvalue weighted by Crippen LogP contribution is -1.87. The molecule has 1 heterocycles. The zero-order valence-corrected chi connectivity index (χ0v) is 2.31. The van der Waals surface area contributed by atoms with Crippen molar-refractivity contribution in [1.82, 2.24) is 5.06 Å². The first-order valence-corrected chi connectivity index (χ1v) is 1.33. The summed E-state index contributed by atoms with van der Waals surface area (Å²) in [4.78, 5) is 0. The Labute approximate surface area is 24.6 Å². The van der Waals surface area contributed by atoms with Crippen molar-refractivity contribution in [2.24, 2.45) is 0 Å². The Morgan fingerprint density at radius 3 is 1.75 bits per heavy atom. The fourth-order valence-electron chi connectivity index (χ4n) is 0.0447. The Kier molecular flexibility index (Phi) is 0.242. The monoisotopic (exact) mass is 59.0 g/mol. The minimum atomic E-state index is 0.875. The maximum Gasteiger partial charge on any atom is 0.216 e. The van der Waals surface area contributed by atoms with Gasteiger partial charge in [0.2, 0.25) is 13.1 Å². The second-order valence-corrected chi connectivity index (χ2v) is 0.954. The minimum absolute atomic E-state index is 0.875. The van der Waals surface area contributed by atoms with Crippen molar-refractivity contribution < 1.29 is 5.21 Å². The summed E-state index contributed by atoms with van der Waals surface area (Å²) >= 11 is 0. The van der Waals surface area contributed by atoms with Gasteiger partial charge in [0.15, 0.2) is 0 Å². The number of hydrogen-bond acceptors (Lipinski definition) is 2. The van der Waals surface area contributed by atoms with Gasteiger partial charge in [0.25, 0.3) is 0 Å². The van der Waals surface area contributed by atoms with Gasteiger partial charge in [-0.05, 0) is 0 Å². The summed E-state index contributed by atoms with van der Waals surface area (Å²) in [6.07, 6.45) is 0. The zero-order valence-electron chi connectivity index (χ0n) is 2.31. The van der Waals surface area contributed by atoms with E-state index >= 15 is 0 Å². The van der Waals surface area contributed by atoms with Crippen LogP contribution in [-0.2, 0) is 0 Å². The van der Waals surface area contributed by atoms with Crippen LogP contribution in [0, 0.1) is 0 Å². The van der Waals surface area contributed by atoms with Crippen molar-refractivity contribution in [1.29, 1.82) is 0 Å². The first kappa shape index (κ1) is 2.18. The molecule has 0 unspecified atom stereocenters. The van der Waals surface area contributed by atoms with Crippen LogP contribution in [0.25, 0.3) is 0 Å². The molecule has 0 aromatic carbocycles. The molecule has 0 aliphatic carbocycles. The molecule has 0 spiro atoms. The average Bonchev–Trinajstić information content (AvgIpc) is 1.75. The largest absolute Gasteiger partial charge is 0.216 e. The van der Waals surface area contributed by atoms with Crippen LogP contribution in [-0.4, -0.2) is 18.3 Å². The van der Waals surface area contributed by atoms with Gasteiger partial charge in [0, 0.05) is 5.06 Å². The molecule has 23 valence electrons. The molecule has 2 heteroatoms. The van der Waals surface area contributed by atoms with Gasteiger partial charge in [-0.15, -0.1) is 0 Å². The van der Waals surface area contributed by atoms with Gasteiger partial charge in [0.1, 0.15) is 0 Å². The van der Waals surface area contributed by atoms with Gasteiger partial charge in [-0.1, -0.05) is 0 Å². The molecule has 1 rings (SSSR count). The highest BCUT2D eigenvalue weighted by molar-refractivity contribution is 4.64. The van der Waals surface area contributed by atoms with E-state index in [-0.39, 0.29) is 0 Å². The quantitative estimate of drug-likeness (QED) is 0.296. The lowest BCUT2D eigenvalue weighted by atomic mass is 11.0. The third kappa shape index (κ3) is 0.191. The van der Waals surface area contributed by atoms with Gasteiger partial charge in [-0.3, -0.25) is 0 Å². The second-order valence-electron chi connectivity index (χ2n) is 0.954. The van der Waals surface area contributed by atoms with Crippen molar-refractivity contribution in [2.45, 2.75) is 0 Å². The summed E-state index contributed by atoms with van der Waals surface area (Å²) in [5, 5.41) is 9.25. The number of hydroxylamine groups is 2. The molecular weight excluding hydrogens is 54.0 g/mol. The molecule has 1 aliphatic heterocycles. The van der Waals surface area contributed by atoms with Crippen molar-refractivity contribution in [3.8, 4) is 0 Å². The summed E-state index contributed by atoms with van der Waals surface area (Å²) in [5.41, 5.74) is 0. The average molecular weight is 59.1 g/mol. The molecule has 2 nitrogen and oxygen atoms in total. The molecule has 0 aromatic heterocycles. The normalized spacial score (nSPS) is 26.2.